The van der Waals surface area contributed by atoms with E-state index in [9.17, 15) is 9.18 Å². The molecule has 0 saturated carbocycles. The van der Waals surface area contributed by atoms with Gasteiger partial charge in [-0.25, -0.2) is 4.39 Å². The van der Waals surface area contributed by atoms with E-state index in [1.165, 1.54) is 12.1 Å². The minimum atomic E-state index is -0.203. The average molecular weight is 324 g/mol. The highest BCUT2D eigenvalue weighted by Gasteiger charge is 2.40. The number of benzene rings is 2. The van der Waals surface area contributed by atoms with Gasteiger partial charge in [-0.1, -0.05) is 30.3 Å². The maximum absolute atomic E-state index is 13.0. The van der Waals surface area contributed by atoms with E-state index >= 15 is 0 Å². The predicted molar refractivity (Wildman–Crippen MR) is 91.3 cm³/mol. The lowest BCUT2D eigenvalue weighted by Crippen LogP contribution is -2.49. The number of amides is 1. The van der Waals surface area contributed by atoms with Crippen molar-refractivity contribution in [3.63, 3.8) is 0 Å². The molecule has 0 aromatic heterocycles. The van der Waals surface area contributed by atoms with Crippen LogP contribution in [0.15, 0.2) is 48.5 Å². The van der Waals surface area contributed by atoms with Crippen LogP contribution in [0.1, 0.15) is 34.3 Å². The monoisotopic (exact) mass is 324 g/mol. The topological polar surface area (TPSA) is 32.3 Å². The van der Waals surface area contributed by atoms with Crippen molar-refractivity contribution in [1.82, 2.24) is 10.2 Å². The number of carbonyl (C=O) groups excluding carboxylic acids is 1. The van der Waals surface area contributed by atoms with Gasteiger partial charge in [-0.2, -0.15) is 0 Å². The maximum Gasteiger partial charge on any atom is 0.252 e. The molecule has 3 nitrogen and oxygen atoms in total. The van der Waals surface area contributed by atoms with E-state index in [1.807, 2.05) is 30.3 Å². The smallest absolute Gasteiger partial charge is 0.252 e. The van der Waals surface area contributed by atoms with Crippen molar-refractivity contribution in [3.8, 4) is 0 Å². The Kier molecular flexibility index (Phi) is 3.85. The number of nitrogens with one attached hydrogen (secondary N) is 1. The van der Waals surface area contributed by atoms with Gasteiger partial charge < -0.3 is 5.32 Å². The van der Waals surface area contributed by atoms with Crippen molar-refractivity contribution in [2.75, 3.05) is 13.1 Å². The molecule has 2 aromatic rings. The molecule has 4 heteroatoms. The third kappa shape index (κ3) is 2.94. The number of halogens is 1. The van der Waals surface area contributed by atoms with E-state index in [4.69, 9.17) is 0 Å². The van der Waals surface area contributed by atoms with E-state index < -0.39 is 0 Å². The molecule has 2 heterocycles. The van der Waals surface area contributed by atoms with E-state index in [0.29, 0.717) is 0 Å². The highest BCUT2D eigenvalue weighted by molar-refractivity contribution is 5.96. The Bertz CT molecular complexity index is 758. The fourth-order valence-corrected chi connectivity index (χ4v) is 3.95. The van der Waals surface area contributed by atoms with Crippen LogP contribution in [0.4, 0.5) is 4.39 Å². The summed E-state index contributed by atoms with van der Waals surface area (Å²) in [5.41, 5.74) is 2.92. The molecular weight excluding hydrogens is 303 g/mol. The largest absolute Gasteiger partial charge is 0.345 e. The van der Waals surface area contributed by atoms with Crippen molar-refractivity contribution in [2.24, 2.45) is 0 Å². The molecule has 1 fully saturated rings. The van der Waals surface area contributed by atoms with Gasteiger partial charge in [0, 0.05) is 25.2 Å². The van der Waals surface area contributed by atoms with E-state index in [2.05, 4.69) is 16.3 Å². The summed E-state index contributed by atoms with van der Waals surface area (Å²) in [6.07, 6.45) is 2.86. The molecule has 0 bridgehead atoms. The fraction of sp³-hybridized carbons (Fsp3) is 0.350. The Morgan fingerprint density at radius 1 is 1.08 bits per heavy atom. The first kappa shape index (κ1) is 15.3. The molecule has 2 aliphatic heterocycles. The Labute approximate surface area is 141 Å². The van der Waals surface area contributed by atoms with Gasteiger partial charge >= 0.3 is 0 Å². The van der Waals surface area contributed by atoms with Gasteiger partial charge in [-0.15, -0.1) is 0 Å². The van der Waals surface area contributed by atoms with Gasteiger partial charge in [0.15, 0.2) is 0 Å². The standard InChI is InChI=1S/C20H21FN2O/c21-17-7-5-15(6-8-17)13-23-12-11-20(14-23)10-9-16-3-1-2-4-18(16)19(24)22-20/h1-8H,9-14H2,(H,22,24). The molecule has 24 heavy (non-hydrogen) atoms. The quantitative estimate of drug-likeness (QED) is 0.920. The average Bonchev–Trinajstić information content (AvgIpc) is 2.91. The molecule has 4 rings (SSSR count). The van der Waals surface area contributed by atoms with Crippen molar-refractivity contribution in [2.45, 2.75) is 31.3 Å². The molecular formula is C20H21FN2O. The summed E-state index contributed by atoms with van der Waals surface area (Å²) in [6.45, 7) is 2.60. The van der Waals surface area contributed by atoms with Crippen LogP contribution in [0.25, 0.3) is 0 Å². The normalized spacial score (nSPS) is 23.8. The molecule has 1 saturated heterocycles. The number of fused-ring (bicyclic) bond motifs is 1. The maximum atomic E-state index is 13.0. The van der Waals surface area contributed by atoms with E-state index in [1.54, 1.807) is 0 Å². The summed E-state index contributed by atoms with van der Waals surface area (Å²) in [5, 5.41) is 3.29. The third-order valence-electron chi connectivity index (χ3n) is 5.27. The second-order valence-electron chi connectivity index (χ2n) is 6.98. The summed E-state index contributed by atoms with van der Waals surface area (Å²) in [5.74, 6) is -0.155. The zero-order valence-corrected chi connectivity index (χ0v) is 13.6. The van der Waals surface area contributed by atoms with Crippen molar-refractivity contribution in [3.05, 3.63) is 71.0 Å². The van der Waals surface area contributed by atoms with Gasteiger partial charge in [0.05, 0.1) is 5.54 Å². The fourth-order valence-electron chi connectivity index (χ4n) is 3.95. The van der Waals surface area contributed by atoms with Crippen LogP contribution in [0.3, 0.4) is 0 Å². The summed E-state index contributed by atoms with van der Waals surface area (Å²) in [4.78, 5) is 14.9. The first-order chi connectivity index (χ1) is 11.6. The van der Waals surface area contributed by atoms with Gasteiger partial charge in [0.25, 0.3) is 5.91 Å². The number of carbonyl (C=O) groups is 1. The first-order valence-corrected chi connectivity index (χ1v) is 8.51. The molecule has 1 unspecified atom stereocenters. The number of aryl methyl sites for hydroxylation is 1. The van der Waals surface area contributed by atoms with Crippen LogP contribution in [0, 0.1) is 5.82 Å². The second kappa shape index (κ2) is 6.02. The number of rotatable bonds is 2. The molecule has 2 aliphatic rings. The summed E-state index contributed by atoms with van der Waals surface area (Å²) in [7, 11) is 0. The van der Waals surface area contributed by atoms with Crippen LogP contribution in [0.5, 0.6) is 0 Å². The number of hydrogen-bond acceptors (Lipinski definition) is 2. The Morgan fingerprint density at radius 3 is 2.71 bits per heavy atom. The number of hydrogen-bond donors (Lipinski definition) is 1. The minimum absolute atomic E-state index is 0.0479. The Hall–Kier alpha value is -2.20. The van der Waals surface area contributed by atoms with Gasteiger partial charge in [0.1, 0.15) is 5.82 Å². The summed E-state index contributed by atoms with van der Waals surface area (Å²) >= 11 is 0. The van der Waals surface area contributed by atoms with E-state index in [-0.39, 0.29) is 17.3 Å². The third-order valence-corrected chi connectivity index (χ3v) is 5.27. The Morgan fingerprint density at radius 2 is 1.88 bits per heavy atom. The lowest BCUT2D eigenvalue weighted by atomic mass is 9.91. The van der Waals surface area contributed by atoms with Crippen molar-refractivity contribution >= 4 is 5.91 Å². The van der Waals surface area contributed by atoms with Crippen LogP contribution < -0.4 is 5.32 Å². The molecule has 1 N–H and O–H groups in total. The van der Waals surface area contributed by atoms with Gasteiger partial charge in [-0.3, -0.25) is 9.69 Å². The van der Waals surface area contributed by atoms with Crippen molar-refractivity contribution in [1.29, 1.82) is 0 Å². The lowest BCUT2D eigenvalue weighted by Gasteiger charge is -2.29. The van der Waals surface area contributed by atoms with Crippen LogP contribution >= 0.6 is 0 Å². The molecule has 1 amide bonds. The highest BCUT2D eigenvalue weighted by Crippen LogP contribution is 2.31. The van der Waals surface area contributed by atoms with Crippen LogP contribution in [-0.2, 0) is 13.0 Å². The molecule has 2 aromatic carbocycles. The molecule has 0 radical (unpaired) electrons. The predicted octanol–water partition coefficient (Wildman–Crippen LogP) is 3.15. The summed E-state index contributed by atoms with van der Waals surface area (Å²) < 4.78 is 13.0. The van der Waals surface area contributed by atoms with Crippen LogP contribution in [0.2, 0.25) is 0 Å². The van der Waals surface area contributed by atoms with Gasteiger partial charge in [-0.05, 0) is 48.6 Å². The number of likely N-dealkylation sites (tertiary alicyclic amines) is 1. The molecule has 124 valence electrons. The molecule has 0 aliphatic carbocycles. The van der Waals surface area contributed by atoms with E-state index in [0.717, 1.165) is 55.6 Å². The second-order valence-corrected chi connectivity index (χ2v) is 6.98. The SMILES string of the molecule is O=C1NC2(CCc3ccccc31)CCN(Cc1ccc(F)cc1)C2. The summed E-state index contributed by atoms with van der Waals surface area (Å²) in [6, 6.07) is 14.6. The zero-order chi connectivity index (χ0) is 16.6. The zero-order valence-electron chi connectivity index (χ0n) is 13.6. The van der Waals surface area contributed by atoms with Crippen molar-refractivity contribution < 1.29 is 9.18 Å². The van der Waals surface area contributed by atoms with Crippen LogP contribution in [-0.4, -0.2) is 29.4 Å². The number of nitrogens with zero attached hydrogens (tertiary/aromatic N) is 1. The Balaban J connectivity index is 1.48. The lowest BCUT2D eigenvalue weighted by molar-refractivity contribution is 0.0902. The molecule has 1 atom stereocenters. The molecule has 1 spiro atoms. The highest BCUT2D eigenvalue weighted by atomic mass is 19.1. The first-order valence-electron chi connectivity index (χ1n) is 8.51. The minimum Gasteiger partial charge on any atom is -0.345 e. The van der Waals surface area contributed by atoms with Gasteiger partial charge in [0.2, 0.25) is 0 Å².